The fourth-order valence-electron chi connectivity index (χ4n) is 1.89. The van der Waals surface area contributed by atoms with Crippen LogP contribution in [0.15, 0.2) is 52.5 Å². The Bertz CT molecular complexity index is 825. The largest absolute Gasteiger partial charge is 0.459 e. The number of thiazole rings is 1. The molecule has 0 fully saturated rings. The van der Waals surface area contributed by atoms with Crippen molar-refractivity contribution in [3.05, 3.63) is 59.4 Å². The lowest BCUT2D eigenvalue weighted by atomic mass is 10.1. The minimum Gasteiger partial charge on any atom is -0.459 e. The van der Waals surface area contributed by atoms with Gasteiger partial charge in [-0.15, -0.1) is 11.3 Å². The number of carbonyl (C=O) groups is 1. The van der Waals surface area contributed by atoms with Gasteiger partial charge in [-0.05, 0) is 24.3 Å². The summed E-state index contributed by atoms with van der Waals surface area (Å²) in [6, 6.07) is 7.94. The van der Waals surface area contributed by atoms with E-state index in [0.29, 0.717) is 11.3 Å². The molecule has 0 radical (unpaired) electrons. The summed E-state index contributed by atoms with van der Waals surface area (Å²) >= 11 is 1.12. The van der Waals surface area contributed by atoms with Crippen LogP contribution >= 0.6 is 11.3 Å². The minimum absolute atomic E-state index is 0.126. The lowest BCUT2D eigenvalue weighted by molar-refractivity contribution is -0.137. The Morgan fingerprint density at radius 2 is 2.04 bits per heavy atom. The van der Waals surface area contributed by atoms with Crippen molar-refractivity contribution in [1.82, 2.24) is 4.98 Å². The standard InChI is InChI=1S/C15H9F3N2O2S/c16-15(17,18)10-4-1-3-9(7-10)11-8-23-14(19-11)20-13(21)12-5-2-6-22-12/h1-8H,(H,19,20,21). The fraction of sp³-hybridized carbons (Fsp3) is 0.0667. The molecule has 118 valence electrons. The maximum atomic E-state index is 12.7. The van der Waals surface area contributed by atoms with Crippen LogP contribution in [-0.2, 0) is 6.18 Å². The Morgan fingerprint density at radius 3 is 2.74 bits per heavy atom. The average molecular weight is 338 g/mol. The lowest BCUT2D eigenvalue weighted by Gasteiger charge is -2.07. The zero-order valence-corrected chi connectivity index (χ0v) is 12.2. The quantitative estimate of drug-likeness (QED) is 0.755. The number of aromatic nitrogens is 1. The molecule has 4 nitrogen and oxygen atoms in total. The molecule has 1 amide bonds. The average Bonchev–Trinajstić information content (AvgIpc) is 3.18. The van der Waals surface area contributed by atoms with Crippen molar-refractivity contribution in [2.45, 2.75) is 6.18 Å². The zero-order chi connectivity index (χ0) is 16.4. The van der Waals surface area contributed by atoms with Gasteiger partial charge in [0, 0.05) is 10.9 Å². The van der Waals surface area contributed by atoms with Gasteiger partial charge in [0.15, 0.2) is 10.9 Å². The van der Waals surface area contributed by atoms with Crippen LogP contribution in [0.2, 0.25) is 0 Å². The highest BCUT2D eigenvalue weighted by atomic mass is 32.1. The van der Waals surface area contributed by atoms with Gasteiger partial charge < -0.3 is 4.42 Å². The molecule has 3 aromatic rings. The van der Waals surface area contributed by atoms with Gasteiger partial charge in [-0.3, -0.25) is 10.1 Å². The van der Waals surface area contributed by atoms with Crippen molar-refractivity contribution < 1.29 is 22.4 Å². The first-order valence-electron chi connectivity index (χ1n) is 6.41. The van der Waals surface area contributed by atoms with Crippen molar-refractivity contribution in [1.29, 1.82) is 0 Å². The Hall–Kier alpha value is -2.61. The fourth-order valence-corrected chi connectivity index (χ4v) is 2.60. The number of rotatable bonds is 3. The first-order valence-corrected chi connectivity index (χ1v) is 7.29. The van der Waals surface area contributed by atoms with Crippen LogP contribution in [0.4, 0.5) is 18.3 Å². The summed E-state index contributed by atoms with van der Waals surface area (Å²) in [4.78, 5) is 16.0. The molecule has 0 saturated heterocycles. The Labute approximate surface area is 132 Å². The highest BCUT2D eigenvalue weighted by Crippen LogP contribution is 2.33. The number of hydrogen-bond donors (Lipinski definition) is 1. The molecule has 23 heavy (non-hydrogen) atoms. The third-order valence-corrected chi connectivity index (χ3v) is 3.71. The van der Waals surface area contributed by atoms with E-state index in [-0.39, 0.29) is 10.9 Å². The summed E-state index contributed by atoms with van der Waals surface area (Å²) in [6.07, 6.45) is -3.05. The van der Waals surface area contributed by atoms with Gasteiger partial charge in [0.1, 0.15) is 0 Å². The molecule has 3 rings (SSSR count). The number of halogens is 3. The first-order chi connectivity index (χ1) is 10.9. The number of nitrogens with one attached hydrogen (secondary N) is 1. The van der Waals surface area contributed by atoms with E-state index in [2.05, 4.69) is 10.3 Å². The van der Waals surface area contributed by atoms with Crippen LogP contribution in [0.5, 0.6) is 0 Å². The molecule has 1 aromatic carbocycles. The van der Waals surface area contributed by atoms with Gasteiger partial charge in [0.25, 0.3) is 5.91 Å². The summed E-state index contributed by atoms with van der Waals surface area (Å²) in [5.41, 5.74) is -0.0606. The molecular formula is C15H9F3N2O2S. The first kappa shape index (κ1) is 15.3. The monoisotopic (exact) mass is 338 g/mol. The number of carbonyl (C=O) groups excluding carboxylic acids is 1. The SMILES string of the molecule is O=C(Nc1nc(-c2cccc(C(F)(F)F)c2)cs1)c1ccco1. The molecule has 0 atom stereocenters. The van der Waals surface area contributed by atoms with Crippen LogP contribution in [0.3, 0.4) is 0 Å². The maximum absolute atomic E-state index is 12.7. The summed E-state index contributed by atoms with van der Waals surface area (Å²) in [5, 5.41) is 4.39. The number of benzene rings is 1. The van der Waals surface area contributed by atoms with E-state index < -0.39 is 17.6 Å². The second-order valence-corrected chi connectivity index (χ2v) is 5.41. The van der Waals surface area contributed by atoms with E-state index in [1.165, 1.54) is 24.5 Å². The lowest BCUT2D eigenvalue weighted by Crippen LogP contribution is -2.10. The predicted molar refractivity (Wildman–Crippen MR) is 79.2 cm³/mol. The van der Waals surface area contributed by atoms with Crippen molar-refractivity contribution >= 4 is 22.4 Å². The van der Waals surface area contributed by atoms with Crippen LogP contribution in [0, 0.1) is 0 Å². The number of furan rings is 1. The van der Waals surface area contributed by atoms with Gasteiger partial charge in [-0.25, -0.2) is 4.98 Å². The third-order valence-electron chi connectivity index (χ3n) is 2.96. The van der Waals surface area contributed by atoms with Crippen molar-refractivity contribution in [3.63, 3.8) is 0 Å². The normalized spacial score (nSPS) is 11.4. The Balaban J connectivity index is 1.81. The number of alkyl halides is 3. The van der Waals surface area contributed by atoms with E-state index in [4.69, 9.17) is 4.42 Å². The smallest absolute Gasteiger partial charge is 0.416 e. The van der Waals surface area contributed by atoms with Crippen molar-refractivity contribution in [3.8, 4) is 11.3 Å². The molecule has 8 heteroatoms. The molecule has 2 aromatic heterocycles. The van der Waals surface area contributed by atoms with Gasteiger partial charge in [0.2, 0.25) is 0 Å². The molecule has 0 aliphatic heterocycles. The van der Waals surface area contributed by atoms with Gasteiger partial charge in [0.05, 0.1) is 17.5 Å². The van der Waals surface area contributed by atoms with E-state index in [9.17, 15) is 18.0 Å². The zero-order valence-electron chi connectivity index (χ0n) is 11.4. The van der Waals surface area contributed by atoms with Crippen LogP contribution in [0.25, 0.3) is 11.3 Å². The van der Waals surface area contributed by atoms with Crippen molar-refractivity contribution in [2.24, 2.45) is 0 Å². The molecule has 0 aliphatic carbocycles. The summed E-state index contributed by atoms with van der Waals surface area (Å²) in [7, 11) is 0. The molecule has 0 unspecified atom stereocenters. The van der Waals surface area contributed by atoms with E-state index >= 15 is 0 Å². The number of anilines is 1. The molecule has 1 N–H and O–H groups in total. The Morgan fingerprint density at radius 1 is 1.22 bits per heavy atom. The van der Waals surface area contributed by atoms with Crippen LogP contribution < -0.4 is 5.32 Å². The predicted octanol–water partition coefficient (Wildman–Crippen LogP) is 4.67. The Kier molecular flexibility index (Phi) is 3.91. The van der Waals surface area contributed by atoms with Gasteiger partial charge in [-0.1, -0.05) is 12.1 Å². The minimum atomic E-state index is -4.41. The van der Waals surface area contributed by atoms with Crippen LogP contribution in [0.1, 0.15) is 16.1 Å². The van der Waals surface area contributed by atoms with Crippen LogP contribution in [-0.4, -0.2) is 10.9 Å². The molecule has 0 saturated carbocycles. The second-order valence-electron chi connectivity index (χ2n) is 4.55. The van der Waals surface area contributed by atoms with Crippen molar-refractivity contribution in [2.75, 3.05) is 5.32 Å². The second kappa shape index (κ2) is 5.88. The maximum Gasteiger partial charge on any atom is 0.416 e. The highest BCUT2D eigenvalue weighted by molar-refractivity contribution is 7.14. The highest BCUT2D eigenvalue weighted by Gasteiger charge is 2.30. The summed E-state index contributed by atoms with van der Waals surface area (Å²) in [6.45, 7) is 0. The van der Waals surface area contributed by atoms with E-state index in [0.717, 1.165) is 23.5 Å². The van der Waals surface area contributed by atoms with Gasteiger partial charge in [-0.2, -0.15) is 13.2 Å². The number of hydrogen-bond acceptors (Lipinski definition) is 4. The number of nitrogens with zero attached hydrogens (tertiary/aromatic N) is 1. The summed E-state index contributed by atoms with van der Waals surface area (Å²) in [5.74, 6) is -0.347. The molecule has 2 heterocycles. The molecule has 0 aliphatic rings. The van der Waals surface area contributed by atoms with E-state index in [1.807, 2.05) is 0 Å². The number of amides is 1. The van der Waals surface area contributed by atoms with Gasteiger partial charge >= 0.3 is 6.18 Å². The van der Waals surface area contributed by atoms with E-state index in [1.54, 1.807) is 11.4 Å². The summed E-state index contributed by atoms with van der Waals surface area (Å²) < 4.78 is 43.2. The third kappa shape index (κ3) is 3.42. The molecule has 0 bridgehead atoms. The molecule has 0 spiro atoms. The topological polar surface area (TPSA) is 55.1 Å². The molecular weight excluding hydrogens is 329 g/mol.